The molecule has 0 N–H and O–H groups in total. The third-order valence-corrected chi connectivity index (χ3v) is 4.26. The highest BCUT2D eigenvalue weighted by molar-refractivity contribution is 7.09. The van der Waals surface area contributed by atoms with Crippen LogP contribution < -0.4 is 4.74 Å². The van der Waals surface area contributed by atoms with Crippen LogP contribution in [0.5, 0.6) is 5.75 Å². The lowest BCUT2D eigenvalue weighted by Crippen LogP contribution is -2.36. The number of hydrogen-bond acceptors (Lipinski definition) is 3. The van der Waals surface area contributed by atoms with E-state index in [2.05, 4.69) is 0 Å². The van der Waals surface area contributed by atoms with Crippen LogP contribution in [-0.4, -0.2) is 23.5 Å². The van der Waals surface area contributed by atoms with Crippen molar-refractivity contribution in [1.29, 1.82) is 0 Å². The second-order valence-electron chi connectivity index (χ2n) is 5.05. The summed E-state index contributed by atoms with van der Waals surface area (Å²) in [5.74, 6) is -0.409. The van der Waals surface area contributed by atoms with Crippen molar-refractivity contribution in [3.63, 3.8) is 0 Å². The fourth-order valence-electron chi connectivity index (χ4n) is 2.16. The summed E-state index contributed by atoms with van der Waals surface area (Å²) >= 11 is 1.64. The van der Waals surface area contributed by atoms with E-state index >= 15 is 0 Å². The van der Waals surface area contributed by atoms with Gasteiger partial charge in [-0.05, 0) is 36.4 Å². The molecule has 110 valence electrons. The van der Waals surface area contributed by atoms with E-state index in [1.807, 2.05) is 22.4 Å². The molecule has 3 nitrogen and oxygen atoms in total. The minimum Gasteiger partial charge on any atom is -0.481 e. The second-order valence-corrected chi connectivity index (χ2v) is 6.08. The number of para-hydroxylation sites is 1. The lowest BCUT2D eigenvalue weighted by Gasteiger charge is -2.22. The van der Waals surface area contributed by atoms with E-state index in [-0.39, 0.29) is 18.3 Å². The van der Waals surface area contributed by atoms with E-state index < -0.39 is 5.82 Å². The lowest BCUT2D eigenvalue weighted by atomic mass is 10.3. The molecule has 0 bridgehead atoms. The first-order valence-corrected chi connectivity index (χ1v) is 7.81. The van der Waals surface area contributed by atoms with Crippen molar-refractivity contribution < 1.29 is 13.9 Å². The molecule has 0 aliphatic heterocycles. The van der Waals surface area contributed by atoms with E-state index in [0.717, 1.165) is 17.7 Å². The molecule has 1 aliphatic carbocycles. The quantitative estimate of drug-likeness (QED) is 0.818. The Labute approximate surface area is 127 Å². The van der Waals surface area contributed by atoms with Gasteiger partial charge in [0.25, 0.3) is 5.91 Å². The molecule has 1 aromatic carbocycles. The highest BCUT2D eigenvalue weighted by Crippen LogP contribution is 2.29. The molecule has 1 aromatic heterocycles. The third kappa shape index (κ3) is 3.61. The van der Waals surface area contributed by atoms with Crippen LogP contribution in [0.1, 0.15) is 17.7 Å². The monoisotopic (exact) mass is 305 g/mol. The number of halogens is 1. The molecule has 0 saturated heterocycles. The molecule has 0 spiro atoms. The molecular weight excluding hydrogens is 289 g/mol. The summed E-state index contributed by atoms with van der Waals surface area (Å²) in [4.78, 5) is 15.3. The van der Waals surface area contributed by atoms with Gasteiger partial charge in [-0.1, -0.05) is 18.2 Å². The van der Waals surface area contributed by atoms with E-state index in [9.17, 15) is 9.18 Å². The molecule has 21 heavy (non-hydrogen) atoms. The fraction of sp³-hybridized carbons (Fsp3) is 0.312. The molecule has 1 aliphatic rings. The largest absolute Gasteiger partial charge is 0.481 e. The van der Waals surface area contributed by atoms with E-state index in [1.54, 1.807) is 23.5 Å². The Morgan fingerprint density at radius 3 is 2.76 bits per heavy atom. The molecule has 5 heteroatoms. The Morgan fingerprint density at radius 1 is 1.29 bits per heavy atom. The fourth-order valence-corrected chi connectivity index (χ4v) is 2.86. The van der Waals surface area contributed by atoms with Crippen molar-refractivity contribution in [3.05, 3.63) is 52.5 Å². The van der Waals surface area contributed by atoms with E-state index in [1.165, 1.54) is 12.1 Å². The third-order valence-electron chi connectivity index (χ3n) is 3.40. The zero-order valence-electron chi connectivity index (χ0n) is 11.5. The van der Waals surface area contributed by atoms with Gasteiger partial charge in [0.15, 0.2) is 18.2 Å². The minimum absolute atomic E-state index is 0.0887. The van der Waals surface area contributed by atoms with Crippen molar-refractivity contribution in [3.8, 4) is 5.75 Å². The molecule has 0 atom stereocenters. The van der Waals surface area contributed by atoms with Crippen LogP contribution in [0, 0.1) is 5.82 Å². The summed E-state index contributed by atoms with van der Waals surface area (Å²) < 4.78 is 18.8. The van der Waals surface area contributed by atoms with Crippen LogP contribution in [0.15, 0.2) is 41.8 Å². The van der Waals surface area contributed by atoms with E-state index in [4.69, 9.17) is 4.74 Å². The predicted molar refractivity (Wildman–Crippen MR) is 79.8 cm³/mol. The van der Waals surface area contributed by atoms with Crippen molar-refractivity contribution in [2.75, 3.05) is 6.61 Å². The SMILES string of the molecule is O=C(COc1ccccc1F)N(Cc1cccs1)C1CC1. The van der Waals surface area contributed by atoms with Gasteiger partial charge >= 0.3 is 0 Å². The van der Waals surface area contributed by atoms with Gasteiger partial charge in [0.05, 0.1) is 6.54 Å². The number of thiophene rings is 1. The first kappa shape index (κ1) is 14.1. The van der Waals surface area contributed by atoms with Crippen molar-refractivity contribution in [2.24, 2.45) is 0 Å². The summed E-state index contributed by atoms with van der Waals surface area (Å²) in [6, 6.07) is 10.4. The topological polar surface area (TPSA) is 29.5 Å². The van der Waals surface area contributed by atoms with Gasteiger partial charge in [-0.2, -0.15) is 0 Å². The van der Waals surface area contributed by atoms with Gasteiger partial charge in [0, 0.05) is 10.9 Å². The van der Waals surface area contributed by atoms with E-state index in [0.29, 0.717) is 12.6 Å². The first-order chi connectivity index (χ1) is 10.2. The van der Waals surface area contributed by atoms with Crippen LogP contribution in [0.3, 0.4) is 0 Å². The number of hydrogen-bond donors (Lipinski definition) is 0. The molecule has 1 heterocycles. The molecule has 0 unspecified atom stereocenters. The Bertz CT molecular complexity index is 610. The predicted octanol–water partition coefficient (Wildman–Crippen LogP) is 3.46. The number of benzene rings is 1. The van der Waals surface area contributed by atoms with Crippen LogP contribution in [-0.2, 0) is 11.3 Å². The Hall–Kier alpha value is -1.88. The highest BCUT2D eigenvalue weighted by atomic mass is 32.1. The van der Waals surface area contributed by atoms with Crippen LogP contribution >= 0.6 is 11.3 Å². The normalized spacial score (nSPS) is 14.0. The maximum absolute atomic E-state index is 13.5. The lowest BCUT2D eigenvalue weighted by molar-refractivity contribution is -0.134. The van der Waals surface area contributed by atoms with Crippen LogP contribution in [0.25, 0.3) is 0 Å². The molecule has 1 saturated carbocycles. The van der Waals surface area contributed by atoms with Gasteiger partial charge in [-0.3, -0.25) is 4.79 Å². The summed E-state index contributed by atoms with van der Waals surface area (Å²) in [7, 11) is 0. The zero-order chi connectivity index (χ0) is 14.7. The maximum Gasteiger partial charge on any atom is 0.261 e. The van der Waals surface area contributed by atoms with Crippen LogP contribution in [0.2, 0.25) is 0 Å². The molecule has 0 radical (unpaired) electrons. The van der Waals surface area contributed by atoms with Gasteiger partial charge < -0.3 is 9.64 Å². The van der Waals surface area contributed by atoms with Crippen LogP contribution in [0.4, 0.5) is 4.39 Å². The summed E-state index contributed by atoms with van der Waals surface area (Å²) in [5, 5.41) is 2.00. The first-order valence-electron chi connectivity index (χ1n) is 6.93. The Morgan fingerprint density at radius 2 is 2.10 bits per heavy atom. The van der Waals surface area contributed by atoms with Gasteiger partial charge in [0.2, 0.25) is 0 Å². The number of amides is 1. The summed E-state index contributed by atoms with van der Waals surface area (Å²) in [6.45, 7) is 0.491. The zero-order valence-corrected chi connectivity index (χ0v) is 12.3. The molecule has 2 aromatic rings. The van der Waals surface area contributed by atoms with Crippen molar-refractivity contribution >= 4 is 17.2 Å². The van der Waals surface area contributed by atoms with Crippen molar-refractivity contribution in [1.82, 2.24) is 4.90 Å². The van der Waals surface area contributed by atoms with Crippen molar-refractivity contribution in [2.45, 2.75) is 25.4 Å². The number of nitrogens with zero attached hydrogens (tertiary/aromatic N) is 1. The Balaban J connectivity index is 1.61. The average molecular weight is 305 g/mol. The summed E-state index contributed by atoms with van der Waals surface area (Å²) in [5.41, 5.74) is 0. The number of carbonyl (C=O) groups excluding carboxylic acids is 1. The maximum atomic E-state index is 13.5. The number of ether oxygens (including phenoxy) is 1. The molecule has 1 fully saturated rings. The number of carbonyl (C=O) groups is 1. The smallest absolute Gasteiger partial charge is 0.261 e. The van der Waals surface area contributed by atoms with Gasteiger partial charge in [0.1, 0.15) is 0 Å². The minimum atomic E-state index is -0.443. The molecule has 3 rings (SSSR count). The second kappa shape index (κ2) is 6.26. The summed E-state index contributed by atoms with van der Waals surface area (Å²) in [6.07, 6.45) is 2.08. The highest BCUT2D eigenvalue weighted by Gasteiger charge is 2.32. The standard InChI is InChI=1S/C16H16FNO2S/c17-14-5-1-2-6-15(14)20-11-16(19)18(12-7-8-12)10-13-4-3-9-21-13/h1-6,9,12H,7-8,10-11H2. The van der Waals surface area contributed by atoms with Gasteiger partial charge in [-0.25, -0.2) is 4.39 Å². The van der Waals surface area contributed by atoms with Gasteiger partial charge in [-0.15, -0.1) is 11.3 Å². The molecule has 1 amide bonds. The Kier molecular flexibility index (Phi) is 4.20. The molecular formula is C16H16FNO2S. The number of rotatable bonds is 6. The average Bonchev–Trinajstić information content (AvgIpc) is 3.20.